The van der Waals surface area contributed by atoms with Crippen molar-refractivity contribution in [1.82, 2.24) is 15.0 Å². The van der Waals surface area contributed by atoms with Crippen LogP contribution in [0.4, 0.5) is 11.6 Å². The van der Waals surface area contributed by atoms with Gasteiger partial charge in [0.2, 0.25) is 5.91 Å². The standard InChI is InChI=1S/C28H37N5O5/c1-2-37-21-6-3-15-30-25(21)38-20-5-4-16-33(19-20)23-18-29-17-22(31-23)32-24(34)7-8-27-9-12-28(13-10-27,14-11-27)26(35)36/h3,6,15,17-18,20H,2,4-5,7-14,16,19H2,1H3,(H,35,36)(H,31,32,34). The zero-order valence-electron chi connectivity index (χ0n) is 22.0. The quantitative estimate of drug-likeness (QED) is 0.464. The van der Waals surface area contributed by atoms with Crippen LogP contribution in [0, 0.1) is 10.8 Å². The summed E-state index contributed by atoms with van der Waals surface area (Å²) in [7, 11) is 0. The molecule has 1 unspecified atom stereocenters. The van der Waals surface area contributed by atoms with Crippen LogP contribution in [-0.4, -0.2) is 57.7 Å². The minimum absolute atomic E-state index is 0.0667. The average molecular weight is 524 g/mol. The lowest BCUT2D eigenvalue weighted by Gasteiger charge is -2.51. The molecule has 0 aromatic carbocycles. The number of amides is 1. The van der Waals surface area contributed by atoms with E-state index in [1.54, 1.807) is 18.6 Å². The van der Waals surface area contributed by atoms with Gasteiger partial charge in [0.15, 0.2) is 11.6 Å². The zero-order valence-corrected chi connectivity index (χ0v) is 22.0. The van der Waals surface area contributed by atoms with E-state index in [0.29, 0.717) is 42.8 Å². The Kier molecular flexibility index (Phi) is 7.67. The van der Waals surface area contributed by atoms with E-state index < -0.39 is 11.4 Å². The molecular formula is C28H37N5O5. The van der Waals surface area contributed by atoms with Crippen LogP contribution in [0.2, 0.25) is 0 Å². The summed E-state index contributed by atoms with van der Waals surface area (Å²) in [6.07, 6.45) is 12.8. The number of aliphatic carboxylic acids is 1. The minimum atomic E-state index is -0.652. The molecule has 0 radical (unpaired) electrons. The van der Waals surface area contributed by atoms with E-state index in [1.807, 2.05) is 19.1 Å². The van der Waals surface area contributed by atoms with Crippen LogP contribution in [-0.2, 0) is 9.59 Å². The van der Waals surface area contributed by atoms with Crippen LogP contribution >= 0.6 is 0 Å². The maximum Gasteiger partial charge on any atom is 0.309 e. The van der Waals surface area contributed by atoms with Gasteiger partial charge in [0.1, 0.15) is 11.9 Å². The fraction of sp³-hybridized carbons (Fsp3) is 0.607. The highest BCUT2D eigenvalue weighted by atomic mass is 16.5. The van der Waals surface area contributed by atoms with Gasteiger partial charge in [0.05, 0.1) is 31.0 Å². The number of nitrogens with zero attached hydrogens (tertiary/aromatic N) is 4. The molecule has 3 aliphatic carbocycles. The molecule has 6 rings (SSSR count). The highest BCUT2D eigenvalue weighted by molar-refractivity contribution is 5.89. The van der Waals surface area contributed by atoms with Crippen LogP contribution in [0.5, 0.6) is 11.6 Å². The number of nitrogens with one attached hydrogen (secondary N) is 1. The van der Waals surface area contributed by atoms with Gasteiger partial charge in [-0.3, -0.25) is 14.6 Å². The highest BCUT2D eigenvalue weighted by Gasteiger charge is 2.52. The summed E-state index contributed by atoms with van der Waals surface area (Å²) in [5.41, 5.74) is -0.428. The van der Waals surface area contributed by atoms with E-state index >= 15 is 0 Å². The smallest absolute Gasteiger partial charge is 0.309 e. The van der Waals surface area contributed by atoms with E-state index in [-0.39, 0.29) is 17.4 Å². The number of ether oxygens (including phenoxy) is 2. The summed E-state index contributed by atoms with van der Waals surface area (Å²) in [4.78, 5) is 39.9. The molecule has 1 atom stereocenters. The molecule has 1 aliphatic heterocycles. The van der Waals surface area contributed by atoms with Crippen molar-refractivity contribution >= 4 is 23.5 Å². The zero-order chi connectivity index (χ0) is 26.6. The third-order valence-electron chi connectivity index (χ3n) is 8.64. The normalized spacial score (nSPS) is 26.6. The number of fused-ring (bicyclic) bond motifs is 3. The van der Waals surface area contributed by atoms with Gasteiger partial charge in [-0.05, 0) is 82.3 Å². The van der Waals surface area contributed by atoms with Crippen LogP contribution in [0.1, 0.15) is 71.1 Å². The number of hydrogen-bond acceptors (Lipinski definition) is 8. The van der Waals surface area contributed by atoms with Gasteiger partial charge in [0.25, 0.3) is 5.88 Å². The molecule has 2 aromatic rings. The first-order valence-corrected chi connectivity index (χ1v) is 13.8. The monoisotopic (exact) mass is 523 g/mol. The number of pyridine rings is 1. The van der Waals surface area contributed by atoms with Gasteiger partial charge in [-0.2, -0.15) is 0 Å². The predicted molar refractivity (Wildman–Crippen MR) is 141 cm³/mol. The molecule has 4 aliphatic rings. The summed E-state index contributed by atoms with van der Waals surface area (Å²) in [5, 5.41) is 12.5. The Hall–Kier alpha value is -3.43. The lowest BCUT2D eigenvalue weighted by molar-refractivity contribution is -0.159. The van der Waals surface area contributed by atoms with Crippen molar-refractivity contribution in [3.05, 3.63) is 30.7 Å². The second-order valence-corrected chi connectivity index (χ2v) is 11.0. The molecular weight excluding hydrogens is 486 g/mol. The van der Waals surface area contributed by atoms with Gasteiger partial charge in [-0.1, -0.05) is 0 Å². The topological polar surface area (TPSA) is 127 Å². The first kappa shape index (κ1) is 26.2. The maximum absolute atomic E-state index is 12.8. The SMILES string of the molecule is CCOc1cccnc1OC1CCCN(c2cncc(NC(=O)CCC34CCC(C(=O)O)(CC3)CC4)n2)C1. The number of hydrogen-bond donors (Lipinski definition) is 2. The van der Waals surface area contributed by atoms with E-state index in [2.05, 4.69) is 25.2 Å². The van der Waals surface area contributed by atoms with E-state index in [9.17, 15) is 14.7 Å². The molecule has 1 amide bonds. The molecule has 2 N–H and O–H groups in total. The third kappa shape index (κ3) is 5.68. The predicted octanol–water partition coefficient (Wildman–Crippen LogP) is 4.46. The van der Waals surface area contributed by atoms with E-state index in [4.69, 9.17) is 9.47 Å². The summed E-state index contributed by atoms with van der Waals surface area (Å²) in [6.45, 7) is 3.93. The van der Waals surface area contributed by atoms with Crippen molar-refractivity contribution in [3.8, 4) is 11.6 Å². The number of carbonyl (C=O) groups is 2. The number of anilines is 2. The van der Waals surface area contributed by atoms with Gasteiger partial charge in [-0.25, -0.2) is 9.97 Å². The van der Waals surface area contributed by atoms with Crippen molar-refractivity contribution in [3.63, 3.8) is 0 Å². The summed E-state index contributed by atoms with van der Waals surface area (Å²) >= 11 is 0. The maximum atomic E-state index is 12.8. The Morgan fingerprint density at radius 2 is 1.97 bits per heavy atom. The van der Waals surface area contributed by atoms with Crippen molar-refractivity contribution < 1.29 is 24.2 Å². The second kappa shape index (κ2) is 11.1. The van der Waals surface area contributed by atoms with Crippen LogP contribution < -0.4 is 19.7 Å². The first-order valence-electron chi connectivity index (χ1n) is 13.8. The Labute approximate surface area is 223 Å². The molecule has 204 valence electrons. The van der Waals surface area contributed by atoms with Crippen LogP contribution in [0.25, 0.3) is 0 Å². The molecule has 0 spiro atoms. The fourth-order valence-electron chi connectivity index (χ4n) is 6.24. The number of carboxylic acids is 1. The summed E-state index contributed by atoms with van der Waals surface area (Å²) < 4.78 is 11.8. The average Bonchev–Trinajstić information content (AvgIpc) is 2.94. The lowest BCUT2D eigenvalue weighted by Crippen LogP contribution is -2.46. The summed E-state index contributed by atoms with van der Waals surface area (Å²) in [6, 6.07) is 3.68. The van der Waals surface area contributed by atoms with Crippen LogP contribution in [0.15, 0.2) is 30.7 Å². The Morgan fingerprint density at radius 1 is 1.18 bits per heavy atom. The number of aromatic nitrogens is 3. The molecule has 10 heteroatoms. The molecule has 2 bridgehead atoms. The number of carboxylic acid groups (broad SMARTS) is 1. The Morgan fingerprint density at radius 3 is 2.71 bits per heavy atom. The van der Waals surface area contributed by atoms with Gasteiger partial charge >= 0.3 is 5.97 Å². The Bertz CT molecular complexity index is 1130. The molecule has 38 heavy (non-hydrogen) atoms. The largest absolute Gasteiger partial charge is 0.488 e. The molecule has 10 nitrogen and oxygen atoms in total. The van der Waals surface area contributed by atoms with Crippen molar-refractivity contribution in [2.24, 2.45) is 10.8 Å². The molecule has 1 saturated heterocycles. The number of piperidine rings is 1. The molecule has 3 saturated carbocycles. The highest BCUT2D eigenvalue weighted by Crippen LogP contribution is 2.58. The molecule has 2 aromatic heterocycles. The first-order chi connectivity index (χ1) is 18.4. The summed E-state index contributed by atoms with van der Waals surface area (Å²) in [5.74, 6) is 1.54. The third-order valence-corrected chi connectivity index (χ3v) is 8.64. The lowest BCUT2D eigenvalue weighted by atomic mass is 9.52. The van der Waals surface area contributed by atoms with Gasteiger partial charge < -0.3 is 24.8 Å². The number of rotatable bonds is 10. The van der Waals surface area contributed by atoms with Gasteiger partial charge in [-0.15, -0.1) is 0 Å². The minimum Gasteiger partial charge on any atom is -0.488 e. The van der Waals surface area contributed by atoms with Gasteiger partial charge in [0, 0.05) is 19.2 Å². The Balaban J connectivity index is 1.15. The van der Waals surface area contributed by atoms with E-state index in [0.717, 1.165) is 64.3 Å². The van der Waals surface area contributed by atoms with Crippen molar-refractivity contribution in [2.45, 2.75) is 77.2 Å². The van der Waals surface area contributed by atoms with Crippen molar-refractivity contribution in [1.29, 1.82) is 0 Å². The molecule has 4 fully saturated rings. The number of carbonyl (C=O) groups excluding carboxylic acids is 1. The van der Waals surface area contributed by atoms with Crippen LogP contribution in [0.3, 0.4) is 0 Å². The van der Waals surface area contributed by atoms with Crippen molar-refractivity contribution in [2.75, 3.05) is 29.9 Å². The molecule has 3 heterocycles. The van der Waals surface area contributed by atoms with E-state index in [1.165, 1.54) is 0 Å². The fourth-order valence-corrected chi connectivity index (χ4v) is 6.24. The second-order valence-electron chi connectivity index (χ2n) is 11.0.